The van der Waals surface area contributed by atoms with Gasteiger partial charge in [-0.1, -0.05) is 0 Å². The van der Waals surface area contributed by atoms with Crippen LogP contribution in [0, 0.1) is 6.92 Å². The Kier molecular flexibility index (Phi) is 4.14. The van der Waals surface area contributed by atoms with Gasteiger partial charge in [-0.15, -0.1) is 0 Å². The zero-order valence-corrected chi connectivity index (χ0v) is 13.1. The number of aromatic amines is 1. The number of carboxylic acids is 1. The van der Waals surface area contributed by atoms with Gasteiger partial charge in [0.05, 0.1) is 18.7 Å². The summed E-state index contributed by atoms with van der Waals surface area (Å²) in [6.07, 6.45) is 0.252. The normalized spacial score (nSPS) is 16.7. The molecule has 0 saturated carbocycles. The van der Waals surface area contributed by atoms with Crippen LogP contribution in [0.25, 0.3) is 10.9 Å². The first-order chi connectivity index (χ1) is 11.0. The molecule has 1 fully saturated rings. The van der Waals surface area contributed by atoms with E-state index in [1.165, 1.54) is 0 Å². The predicted molar refractivity (Wildman–Crippen MR) is 89.8 cm³/mol. The average molecular weight is 318 g/mol. The molecule has 1 aromatic heterocycles. The maximum Gasteiger partial charge on any atom is 0.320 e. The number of aromatic nitrogens is 1. The lowest BCUT2D eigenvalue weighted by atomic mass is 10.0. The molecule has 1 aromatic carbocycles. The molecule has 1 unspecified atom stereocenters. The number of fused-ring (bicyclic) bond motifs is 1. The number of nitrogens with zero attached hydrogens (tertiary/aromatic N) is 1. The highest BCUT2D eigenvalue weighted by atomic mass is 16.5. The van der Waals surface area contributed by atoms with Gasteiger partial charge >= 0.3 is 5.97 Å². The number of aliphatic carboxylic acids is 1. The predicted octanol–water partition coefficient (Wildman–Crippen LogP) is 0.850. The van der Waals surface area contributed by atoms with E-state index in [-0.39, 0.29) is 6.42 Å². The van der Waals surface area contributed by atoms with Crippen LogP contribution in [0.5, 0.6) is 0 Å². The summed E-state index contributed by atoms with van der Waals surface area (Å²) >= 11 is 0. The number of nitrogens with one attached hydrogen (secondary N) is 1. The van der Waals surface area contributed by atoms with Crippen molar-refractivity contribution in [1.82, 2.24) is 4.98 Å². The van der Waals surface area contributed by atoms with Crippen molar-refractivity contribution >= 4 is 28.2 Å². The Balaban J connectivity index is 2.00. The third-order valence-corrected chi connectivity index (χ3v) is 4.35. The van der Waals surface area contributed by atoms with Crippen molar-refractivity contribution in [2.45, 2.75) is 19.4 Å². The average Bonchev–Trinajstić information content (AvgIpc) is 2.84. The van der Waals surface area contributed by atoms with Gasteiger partial charge in [-0.05, 0) is 24.6 Å². The van der Waals surface area contributed by atoms with Gasteiger partial charge in [0, 0.05) is 42.0 Å². The molecule has 124 valence electrons. The summed E-state index contributed by atoms with van der Waals surface area (Å²) in [5, 5.41) is 9.91. The van der Waals surface area contributed by atoms with Gasteiger partial charge < -0.3 is 31.2 Å². The Morgan fingerprint density at radius 3 is 2.78 bits per heavy atom. The van der Waals surface area contributed by atoms with Gasteiger partial charge in [-0.25, -0.2) is 0 Å². The third-order valence-electron chi connectivity index (χ3n) is 4.35. The van der Waals surface area contributed by atoms with E-state index >= 15 is 0 Å². The second-order valence-corrected chi connectivity index (χ2v) is 5.93. The van der Waals surface area contributed by atoms with Crippen LogP contribution in [0.1, 0.15) is 11.3 Å². The van der Waals surface area contributed by atoms with Crippen LogP contribution < -0.4 is 16.4 Å². The number of anilines is 2. The van der Waals surface area contributed by atoms with E-state index in [2.05, 4.69) is 16.0 Å². The number of nitrogens with two attached hydrogens (primary N) is 2. The van der Waals surface area contributed by atoms with E-state index in [4.69, 9.17) is 21.3 Å². The second-order valence-electron chi connectivity index (χ2n) is 5.93. The molecule has 1 aliphatic rings. The van der Waals surface area contributed by atoms with E-state index in [1.807, 2.05) is 13.0 Å². The molecule has 1 aliphatic heterocycles. The van der Waals surface area contributed by atoms with Crippen LogP contribution in [-0.2, 0) is 16.0 Å². The fraction of sp³-hybridized carbons (Fsp3) is 0.438. The standard InChI is InChI=1S/C16H22N4O3/c1-9-11(8-13(18)16(21)22)15-12(17)6-10(7-14(15)19-9)20-2-4-23-5-3-20/h6-7,13,19H,2-5,8,17-18H2,1H3,(H,21,22). The monoisotopic (exact) mass is 318 g/mol. The maximum atomic E-state index is 11.0. The SMILES string of the molecule is Cc1[nH]c2cc(N3CCOCC3)cc(N)c2c1CC(N)C(=O)O. The summed E-state index contributed by atoms with van der Waals surface area (Å²) in [5.74, 6) is -1.01. The lowest BCUT2D eigenvalue weighted by Gasteiger charge is -2.29. The largest absolute Gasteiger partial charge is 0.480 e. The van der Waals surface area contributed by atoms with Gasteiger partial charge in [0.15, 0.2) is 0 Å². The number of nitrogen functional groups attached to an aromatic ring is 1. The van der Waals surface area contributed by atoms with Crippen LogP contribution in [0.3, 0.4) is 0 Å². The summed E-state index contributed by atoms with van der Waals surface area (Å²) in [4.78, 5) is 16.6. The first-order valence-corrected chi connectivity index (χ1v) is 7.69. The van der Waals surface area contributed by atoms with Crippen molar-refractivity contribution < 1.29 is 14.6 Å². The number of hydrogen-bond donors (Lipinski definition) is 4. The number of rotatable bonds is 4. The third kappa shape index (κ3) is 2.97. The molecule has 0 radical (unpaired) electrons. The van der Waals surface area contributed by atoms with Crippen molar-refractivity contribution in [3.8, 4) is 0 Å². The molecule has 0 bridgehead atoms. The first-order valence-electron chi connectivity index (χ1n) is 7.69. The van der Waals surface area contributed by atoms with Gasteiger partial charge in [0.1, 0.15) is 6.04 Å². The molecule has 0 amide bonds. The number of morpholine rings is 1. The summed E-state index contributed by atoms with van der Waals surface area (Å²) < 4.78 is 5.38. The number of benzene rings is 1. The molecular formula is C16H22N4O3. The van der Waals surface area contributed by atoms with Crippen LogP contribution in [0.4, 0.5) is 11.4 Å². The summed E-state index contributed by atoms with van der Waals surface area (Å²) in [6.45, 7) is 5.00. The Labute approximate surface area is 134 Å². The molecular weight excluding hydrogens is 296 g/mol. The van der Waals surface area contributed by atoms with Crippen molar-refractivity contribution in [3.05, 3.63) is 23.4 Å². The van der Waals surface area contributed by atoms with E-state index < -0.39 is 12.0 Å². The lowest BCUT2D eigenvalue weighted by Crippen LogP contribution is -2.36. The topological polar surface area (TPSA) is 118 Å². The molecule has 1 saturated heterocycles. The molecule has 6 N–H and O–H groups in total. The minimum Gasteiger partial charge on any atom is -0.480 e. The summed E-state index contributed by atoms with van der Waals surface area (Å²) in [7, 11) is 0. The molecule has 0 spiro atoms. The first kappa shape index (κ1) is 15.6. The van der Waals surface area contributed by atoms with Crippen LogP contribution >= 0.6 is 0 Å². The van der Waals surface area contributed by atoms with Gasteiger partial charge in [-0.2, -0.15) is 0 Å². The quantitative estimate of drug-likeness (QED) is 0.621. The van der Waals surface area contributed by atoms with Crippen molar-refractivity contribution in [2.24, 2.45) is 5.73 Å². The molecule has 7 heteroatoms. The smallest absolute Gasteiger partial charge is 0.320 e. The van der Waals surface area contributed by atoms with Crippen LogP contribution in [-0.4, -0.2) is 48.4 Å². The van der Waals surface area contributed by atoms with Crippen molar-refractivity contribution in [3.63, 3.8) is 0 Å². The van der Waals surface area contributed by atoms with E-state index in [0.29, 0.717) is 18.9 Å². The molecule has 2 aromatic rings. The number of carboxylic acid groups (broad SMARTS) is 1. The maximum absolute atomic E-state index is 11.0. The van der Waals surface area contributed by atoms with Crippen LogP contribution in [0.2, 0.25) is 0 Å². The second kappa shape index (κ2) is 6.10. The minimum absolute atomic E-state index is 0.252. The van der Waals surface area contributed by atoms with Crippen LogP contribution in [0.15, 0.2) is 12.1 Å². The number of carbonyl (C=O) groups is 1. The highest BCUT2D eigenvalue weighted by Gasteiger charge is 2.20. The Morgan fingerprint density at radius 2 is 2.13 bits per heavy atom. The molecule has 7 nitrogen and oxygen atoms in total. The summed E-state index contributed by atoms with van der Waals surface area (Å²) in [6, 6.07) is 3.06. The number of ether oxygens (including phenoxy) is 1. The Hall–Kier alpha value is -2.25. The molecule has 23 heavy (non-hydrogen) atoms. The van der Waals surface area contributed by atoms with E-state index in [9.17, 15) is 4.79 Å². The fourth-order valence-corrected chi connectivity index (χ4v) is 3.12. The summed E-state index contributed by atoms with van der Waals surface area (Å²) in [5.41, 5.74) is 16.3. The fourth-order valence-electron chi connectivity index (χ4n) is 3.12. The molecule has 0 aliphatic carbocycles. The highest BCUT2D eigenvalue weighted by molar-refractivity contribution is 5.98. The zero-order valence-electron chi connectivity index (χ0n) is 13.1. The molecule has 3 rings (SSSR count). The van der Waals surface area contributed by atoms with Gasteiger partial charge in [0.2, 0.25) is 0 Å². The molecule has 2 heterocycles. The van der Waals surface area contributed by atoms with Crippen molar-refractivity contribution in [1.29, 1.82) is 0 Å². The number of aryl methyl sites for hydroxylation is 1. The zero-order chi connectivity index (χ0) is 16.6. The van der Waals surface area contributed by atoms with Crippen molar-refractivity contribution in [2.75, 3.05) is 36.9 Å². The van der Waals surface area contributed by atoms with E-state index in [1.54, 1.807) is 0 Å². The van der Waals surface area contributed by atoms with Gasteiger partial charge in [0.25, 0.3) is 0 Å². The lowest BCUT2D eigenvalue weighted by molar-refractivity contribution is -0.138. The Morgan fingerprint density at radius 1 is 1.43 bits per heavy atom. The highest BCUT2D eigenvalue weighted by Crippen LogP contribution is 2.33. The van der Waals surface area contributed by atoms with Gasteiger partial charge in [-0.3, -0.25) is 4.79 Å². The van der Waals surface area contributed by atoms with E-state index in [0.717, 1.165) is 40.9 Å². The molecule has 1 atom stereocenters. The number of H-pyrrole nitrogens is 1. The minimum atomic E-state index is -1.01. The Bertz CT molecular complexity index is 734. The number of hydrogen-bond acceptors (Lipinski definition) is 5.